The normalized spacial score (nSPS) is 30.5. The zero-order valence-electron chi connectivity index (χ0n) is 12.3. The first kappa shape index (κ1) is 14.5. The highest BCUT2D eigenvalue weighted by molar-refractivity contribution is 6.61. The van der Waals surface area contributed by atoms with Crippen LogP contribution < -0.4 is 0 Å². The molecule has 0 bridgehead atoms. The maximum absolute atomic E-state index is 5.84. The lowest BCUT2D eigenvalue weighted by Crippen LogP contribution is -2.69. The monoisotopic (exact) mass is 272 g/mol. The number of rotatable bonds is 4. The fraction of sp³-hybridized carbons (Fsp3) is 1.00. The van der Waals surface area contributed by atoms with Gasteiger partial charge in [-0.15, -0.1) is 0 Å². The van der Waals surface area contributed by atoms with Crippen LogP contribution >= 0.6 is 0 Å². The Kier molecular flexibility index (Phi) is 4.83. The van der Waals surface area contributed by atoms with Gasteiger partial charge < -0.3 is 8.85 Å². The van der Waals surface area contributed by atoms with Gasteiger partial charge in [-0.3, -0.25) is 9.13 Å². The van der Waals surface area contributed by atoms with E-state index in [4.69, 9.17) is 8.85 Å². The maximum Gasteiger partial charge on any atom is 0.521 e. The summed E-state index contributed by atoms with van der Waals surface area (Å²) in [4.78, 5) is 0. The van der Waals surface area contributed by atoms with E-state index in [1.807, 2.05) is 0 Å². The van der Waals surface area contributed by atoms with Gasteiger partial charge in [0.05, 0.1) is 0 Å². The van der Waals surface area contributed by atoms with Crippen molar-refractivity contribution in [1.82, 2.24) is 9.13 Å². The Morgan fingerprint density at radius 3 is 2.17 bits per heavy atom. The molecule has 2 unspecified atom stereocenters. The third-order valence-electron chi connectivity index (χ3n) is 4.79. The summed E-state index contributed by atoms with van der Waals surface area (Å²) in [6.45, 7) is 2.30. The highest BCUT2D eigenvalue weighted by Gasteiger charge is 2.50. The van der Waals surface area contributed by atoms with Crippen LogP contribution in [0.4, 0.5) is 0 Å². The molecule has 0 amide bonds. The largest absolute Gasteiger partial charge is 0.521 e. The van der Waals surface area contributed by atoms with Crippen molar-refractivity contribution in [3.63, 3.8) is 0 Å². The summed E-state index contributed by atoms with van der Waals surface area (Å²) in [6.07, 6.45) is 7.00. The van der Waals surface area contributed by atoms with Crippen molar-refractivity contribution in [1.29, 1.82) is 0 Å². The zero-order valence-corrected chi connectivity index (χ0v) is 13.3. The molecule has 0 aromatic carbocycles. The average Bonchev–Trinajstić information content (AvgIpc) is 2.40. The predicted octanol–water partition coefficient (Wildman–Crippen LogP) is 1.79. The molecule has 2 aliphatic rings. The highest BCUT2D eigenvalue weighted by atomic mass is 28.4. The van der Waals surface area contributed by atoms with E-state index in [9.17, 15) is 0 Å². The van der Waals surface area contributed by atoms with Crippen LogP contribution in [0.5, 0.6) is 0 Å². The summed E-state index contributed by atoms with van der Waals surface area (Å²) in [7, 11) is 5.41. The Morgan fingerprint density at radius 2 is 1.61 bits per heavy atom. The van der Waals surface area contributed by atoms with Gasteiger partial charge in [0.15, 0.2) is 0 Å². The molecule has 1 heterocycles. The van der Waals surface area contributed by atoms with Gasteiger partial charge in [-0.1, -0.05) is 19.3 Å². The van der Waals surface area contributed by atoms with Crippen LogP contribution in [0, 0.1) is 11.8 Å². The SMILES string of the molecule is CO[Si](OC)(N(C)C)N1CCC2CCCCC2C1. The molecule has 106 valence electrons. The molecule has 0 radical (unpaired) electrons. The minimum atomic E-state index is -2.33. The minimum absolute atomic E-state index is 0.865. The number of nitrogens with zero attached hydrogens (tertiary/aromatic N) is 2. The van der Waals surface area contributed by atoms with Crippen LogP contribution in [0.15, 0.2) is 0 Å². The van der Waals surface area contributed by atoms with Gasteiger partial charge in [0.2, 0.25) is 0 Å². The van der Waals surface area contributed by atoms with E-state index in [1.54, 1.807) is 14.2 Å². The second-order valence-electron chi connectivity index (χ2n) is 5.89. The quantitative estimate of drug-likeness (QED) is 0.729. The Bertz CT molecular complexity index is 272. The van der Waals surface area contributed by atoms with Crippen LogP contribution in [0.1, 0.15) is 32.1 Å². The molecular weight excluding hydrogens is 244 g/mol. The van der Waals surface area contributed by atoms with Gasteiger partial charge >= 0.3 is 8.88 Å². The van der Waals surface area contributed by atoms with E-state index < -0.39 is 8.88 Å². The van der Waals surface area contributed by atoms with Crippen molar-refractivity contribution in [2.45, 2.75) is 32.1 Å². The lowest BCUT2D eigenvalue weighted by atomic mass is 9.76. The second-order valence-corrected chi connectivity index (χ2v) is 9.33. The molecule has 1 aliphatic carbocycles. The Balaban J connectivity index is 2.08. The van der Waals surface area contributed by atoms with Crippen LogP contribution in [0.25, 0.3) is 0 Å². The molecule has 2 atom stereocenters. The van der Waals surface area contributed by atoms with E-state index in [0.717, 1.165) is 24.9 Å². The van der Waals surface area contributed by atoms with Crippen molar-refractivity contribution in [3.8, 4) is 0 Å². The molecule has 18 heavy (non-hydrogen) atoms. The van der Waals surface area contributed by atoms with Crippen molar-refractivity contribution < 1.29 is 8.85 Å². The van der Waals surface area contributed by atoms with Crippen molar-refractivity contribution in [2.24, 2.45) is 11.8 Å². The Hall–Kier alpha value is 0.0569. The molecule has 0 aromatic rings. The molecule has 1 saturated heterocycles. The Labute approximate surface area is 113 Å². The van der Waals surface area contributed by atoms with Gasteiger partial charge in [0.25, 0.3) is 0 Å². The molecule has 1 aliphatic heterocycles. The third-order valence-corrected chi connectivity index (χ3v) is 8.19. The first-order chi connectivity index (χ1) is 8.64. The predicted molar refractivity (Wildman–Crippen MR) is 75.1 cm³/mol. The van der Waals surface area contributed by atoms with Crippen LogP contribution in [-0.2, 0) is 8.85 Å². The van der Waals surface area contributed by atoms with E-state index in [0.29, 0.717) is 0 Å². The number of hydrogen-bond donors (Lipinski definition) is 0. The molecule has 2 rings (SSSR count). The van der Waals surface area contributed by atoms with E-state index in [-0.39, 0.29) is 0 Å². The molecule has 0 aromatic heterocycles. The summed E-state index contributed by atoms with van der Waals surface area (Å²) < 4.78 is 16.3. The molecule has 5 heteroatoms. The van der Waals surface area contributed by atoms with Crippen LogP contribution in [0.2, 0.25) is 0 Å². The lowest BCUT2D eigenvalue weighted by Gasteiger charge is -2.48. The second kappa shape index (κ2) is 6.01. The fourth-order valence-corrected chi connectivity index (χ4v) is 6.70. The Morgan fingerprint density at radius 1 is 1.00 bits per heavy atom. The van der Waals surface area contributed by atoms with Crippen molar-refractivity contribution in [3.05, 3.63) is 0 Å². The van der Waals surface area contributed by atoms with E-state index in [2.05, 4.69) is 23.2 Å². The smallest absolute Gasteiger partial charge is 0.374 e. The van der Waals surface area contributed by atoms with Crippen molar-refractivity contribution in [2.75, 3.05) is 41.4 Å². The first-order valence-corrected chi connectivity index (χ1v) is 8.88. The van der Waals surface area contributed by atoms with E-state index in [1.165, 1.54) is 32.1 Å². The molecule has 4 nitrogen and oxygen atoms in total. The molecule has 2 fully saturated rings. The molecule has 0 spiro atoms. The van der Waals surface area contributed by atoms with Gasteiger partial charge in [0, 0.05) is 14.2 Å². The van der Waals surface area contributed by atoms with Gasteiger partial charge in [-0.2, -0.15) is 0 Å². The van der Waals surface area contributed by atoms with Crippen LogP contribution in [-0.4, -0.2) is 59.4 Å². The molecule has 0 N–H and O–H groups in total. The topological polar surface area (TPSA) is 24.9 Å². The maximum atomic E-state index is 5.84. The van der Waals surface area contributed by atoms with Crippen LogP contribution in [0.3, 0.4) is 0 Å². The van der Waals surface area contributed by atoms with E-state index >= 15 is 0 Å². The number of piperidine rings is 1. The summed E-state index contributed by atoms with van der Waals surface area (Å²) >= 11 is 0. The number of fused-ring (bicyclic) bond motifs is 1. The summed E-state index contributed by atoms with van der Waals surface area (Å²) in [5.74, 6) is 1.82. The van der Waals surface area contributed by atoms with Gasteiger partial charge in [0.1, 0.15) is 0 Å². The fourth-order valence-electron chi connectivity index (χ4n) is 3.85. The summed E-state index contributed by atoms with van der Waals surface area (Å²) in [6, 6.07) is 0. The zero-order chi connectivity index (χ0) is 13.2. The third kappa shape index (κ3) is 2.51. The van der Waals surface area contributed by atoms with Gasteiger partial charge in [-0.25, -0.2) is 0 Å². The standard InChI is InChI=1S/C13H28N2O2Si/c1-14(2)18(16-3,17-4)15-10-9-12-7-5-6-8-13(12)11-15/h12-13H,5-11H2,1-4H3. The lowest BCUT2D eigenvalue weighted by molar-refractivity contribution is 0.0554. The molecular formula is C13H28N2O2Si. The summed E-state index contributed by atoms with van der Waals surface area (Å²) in [5.41, 5.74) is 0. The van der Waals surface area contributed by atoms with Gasteiger partial charge in [-0.05, 0) is 51.9 Å². The number of hydrogen-bond acceptors (Lipinski definition) is 4. The molecule has 1 saturated carbocycles. The minimum Gasteiger partial charge on any atom is -0.374 e. The average molecular weight is 272 g/mol. The van der Waals surface area contributed by atoms with Crippen molar-refractivity contribution >= 4 is 8.88 Å². The summed E-state index contributed by atoms with van der Waals surface area (Å²) in [5, 5.41) is 0. The first-order valence-electron chi connectivity index (χ1n) is 7.17. The highest BCUT2D eigenvalue weighted by Crippen LogP contribution is 2.37.